The molecule has 3 rings (SSSR count). The van der Waals surface area contributed by atoms with Gasteiger partial charge in [-0.25, -0.2) is 0 Å². The Hall–Kier alpha value is -0.670. The van der Waals surface area contributed by atoms with Crippen molar-refractivity contribution in [3.63, 3.8) is 0 Å². The number of rotatable bonds is 4. The minimum Gasteiger partial charge on any atom is -0.293 e. The number of Topliss-reactive ketones (excluding diaryl/α,β-unsaturated/α-hetero) is 1. The van der Waals surface area contributed by atoms with E-state index in [0.717, 1.165) is 23.8 Å². The molecule has 0 bridgehead atoms. The van der Waals surface area contributed by atoms with Gasteiger partial charge in [-0.3, -0.25) is 9.69 Å². The van der Waals surface area contributed by atoms with Crippen LogP contribution in [-0.2, 0) is 6.42 Å². The van der Waals surface area contributed by atoms with Crippen molar-refractivity contribution in [2.24, 2.45) is 5.92 Å². The summed E-state index contributed by atoms with van der Waals surface area (Å²) in [7, 11) is 0. The first-order chi connectivity index (χ1) is 9.28. The number of carbonyl (C=O) groups is 1. The van der Waals surface area contributed by atoms with Gasteiger partial charge in [0.25, 0.3) is 0 Å². The number of nitrogens with zero attached hydrogens (tertiary/aromatic N) is 1. The maximum absolute atomic E-state index is 12.4. The highest BCUT2D eigenvalue weighted by atomic mass is 32.1. The van der Waals surface area contributed by atoms with Gasteiger partial charge in [0.1, 0.15) is 0 Å². The van der Waals surface area contributed by atoms with Crippen LogP contribution >= 0.6 is 11.3 Å². The molecule has 0 spiro atoms. The summed E-state index contributed by atoms with van der Waals surface area (Å²) in [4.78, 5) is 17.1. The summed E-state index contributed by atoms with van der Waals surface area (Å²) >= 11 is 1.68. The molecule has 2 nitrogen and oxygen atoms in total. The highest BCUT2D eigenvalue weighted by Crippen LogP contribution is 2.36. The van der Waals surface area contributed by atoms with E-state index in [2.05, 4.69) is 17.9 Å². The monoisotopic (exact) mass is 277 g/mol. The minimum absolute atomic E-state index is 0.330. The van der Waals surface area contributed by atoms with E-state index < -0.39 is 0 Å². The highest BCUT2D eigenvalue weighted by molar-refractivity contribution is 7.14. The topological polar surface area (TPSA) is 20.3 Å². The number of likely N-dealkylation sites (tertiary alicyclic amines) is 1. The molecule has 0 N–H and O–H groups in total. The van der Waals surface area contributed by atoms with Crippen LogP contribution in [0.4, 0.5) is 0 Å². The molecule has 1 aliphatic carbocycles. The molecule has 2 fully saturated rings. The third kappa shape index (κ3) is 2.77. The Kier molecular flexibility index (Phi) is 4.04. The predicted molar refractivity (Wildman–Crippen MR) is 80.0 cm³/mol. The van der Waals surface area contributed by atoms with Crippen molar-refractivity contribution < 1.29 is 4.79 Å². The number of hydrogen-bond donors (Lipinski definition) is 0. The van der Waals surface area contributed by atoms with Crippen LogP contribution in [0.3, 0.4) is 0 Å². The minimum atomic E-state index is 0.330. The second-order valence-corrected chi connectivity index (χ2v) is 7.08. The fourth-order valence-electron chi connectivity index (χ4n) is 3.68. The van der Waals surface area contributed by atoms with E-state index in [4.69, 9.17) is 0 Å². The standard InChI is InChI=1S/C16H23NOS/c1-2-13-7-8-16(19-13)15(18)11-17-10-9-12-5-3-4-6-14(12)17/h7-8,12,14H,2-6,9-11H2,1H3. The van der Waals surface area contributed by atoms with Gasteiger partial charge in [-0.1, -0.05) is 19.8 Å². The van der Waals surface area contributed by atoms with E-state index >= 15 is 0 Å². The summed E-state index contributed by atoms with van der Waals surface area (Å²) in [6.45, 7) is 3.92. The van der Waals surface area contributed by atoms with E-state index in [0.29, 0.717) is 18.4 Å². The lowest BCUT2D eigenvalue weighted by Gasteiger charge is -2.31. The molecular weight excluding hydrogens is 254 g/mol. The van der Waals surface area contributed by atoms with Crippen molar-refractivity contribution >= 4 is 17.1 Å². The van der Waals surface area contributed by atoms with E-state index in [1.165, 1.54) is 37.0 Å². The Bertz CT molecular complexity index is 453. The van der Waals surface area contributed by atoms with Gasteiger partial charge in [0.2, 0.25) is 0 Å². The zero-order valence-electron chi connectivity index (χ0n) is 11.7. The van der Waals surface area contributed by atoms with Crippen molar-refractivity contribution in [3.8, 4) is 0 Å². The van der Waals surface area contributed by atoms with E-state index in [9.17, 15) is 4.79 Å². The predicted octanol–water partition coefficient (Wildman–Crippen LogP) is 3.76. The van der Waals surface area contributed by atoms with E-state index in [1.807, 2.05) is 6.07 Å². The number of aryl methyl sites for hydroxylation is 1. The molecule has 2 atom stereocenters. The lowest BCUT2D eigenvalue weighted by molar-refractivity contribution is 0.0900. The Morgan fingerprint density at radius 2 is 2.16 bits per heavy atom. The fourth-order valence-corrected chi connectivity index (χ4v) is 4.56. The number of carbonyl (C=O) groups excluding carboxylic acids is 1. The molecule has 2 unspecified atom stereocenters. The highest BCUT2D eigenvalue weighted by Gasteiger charge is 2.36. The molecule has 0 amide bonds. The number of hydrogen-bond acceptors (Lipinski definition) is 3. The molecule has 1 aliphatic heterocycles. The molecule has 3 heteroatoms. The lowest BCUT2D eigenvalue weighted by atomic mass is 9.85. The number of ketones is 1. The van der Waals surface area contributed by atoms with E-state index in [1.54, 1.807) is 11.3 Å². The van der Waals surface area contributed by atoms with Gasteiger partial charge < -0.3 is 0 Å². The Morgan fingerprint density at radius 1 is 1.32 bits per heavy atom. The first-order valence-corrected chi connectivity index (χ1v) is 8.45. The zero-order valence-corrected chi connectivity index (χ0v) is 12.5. The maximum Gasteiger partial charge on any atom is 0.186 e. The van der Waals surface area contributed by atoms with E-state index in [-0.39, 0.29) is 0 Å². The van der Waals surface area contributed by atoms with Crippen LogP contribution in [0.15, 0.2) is 12.1 Å². The molecule has 1 aromatic rings. The number of fused-ring (bicyclic) bond motifs is 1. The van der Waals surface area contributed by atoms with Gasteiger partial charge in [0.15, 0.2) is 5.78 Å². The molecule has 1 saturated heterocycles. The summed E-state index contributed by atoms with van der Waals surface area (Å²) in [5.74, 6) is 1.20. The Balaban J connectivity index is 1.63. The quantitative estimate of drug-likeness (QED) is 0.781. The van der Waals surface area contributed by atoms with Crippen molar-refractivity contribution in [2.75, 3.05) is 13.1 Å². The molecule has 1 aromatic heterocycles. The van der Waals surface area contributed by atoms with Crippen LogP contribution in [-0.4, -0.2) is 29.8 Å². The summed E-state index contributed by atoms with van der Waals surface area (Å²) in [5, 5.41) is 0. The van der Waals surface area contributed by atoms with Gasteiger partial charge in [-0.15, -0.1) is 11.3 Å². The molecule has 19 heavy (non-hydrogen) atoms. The second-order valence-electron chi connectivity index (χ2n) is 5.91. The normalized spacial score (nSPS) is 27.4. The van der Waals surface area contributed by atoms with Gasteiger partial charge in [-0.2, -0.15) is 0 Å². The zero-order chi connectivity index (χ0) is 13.2. The summed E-state index contributed by atoms with van der Waals surface area (Å²) < 4.78 is 0. The van der Waals surface area contributed by atoms with Gasteiger partial charge >= 0.3 is 0 Å². The van der Waals surface area contributed by atoms with Crippen molar-refractivity contribution in [1.29, 1.82) is 0 Å². The van der Waals surface area contributed by atoms with Crippen LogP contribution in [0, 0.1) is 5.92 Å². The van der Waals surface area contributed by atoms with Crippen LogP contribution in [0.25, 0.3) is 0 Å². The molecule has 1 saturated carbocycles. The van der Waals surface area contributed by atoms with Crippen LogP contribution in [0.1, 0.15) is 53.6 Å². The molecule has 0 radical (unpaired) electrons. The van der Waals surface area contributed by atoms with Crippen LogP contribution in [0.2, 0.25) is 0 Å². The van der Waals surface area contributed by atoms with Gasteiger partial charge in [0.05, 0.1) is 11.4 Å². The summed E-state index contributed by atoms with van der Waals surface area (Å²) in [6, 6.07) is 4.81. The fraction of sp³-hybridized carbons (Fsp3) is 0.688. The van der Waals surface area contributed by atoms with Crippen LogP contribution in [0.5, 0.6) is 0 Å². The Labute approximate surface area is 119 Å². The Morgan fingerprint density at radius 3 is 2.95 bits per heavy atom. The smallest absolute Gasteiger partial charge is 0.186 e. The first kappa shape index (κ1) is 13.3. The number of thiophene rings is 1. The second kappa shape index (κ2) is 5.76. The van der Waals surface area contributed by atoms with Crippen molar-refractivity contribution in [3.05, 3.63) is 21.9 Å². The SMILES string of the molecule is CCc1ccc(C(=O)CN2CCC3CCCCC32)s1. The van der Waals surface area contributed by atoms with Crippen molar-refractivity contribution in [2.45, 2.75) is 51.5 Å². The molecular formula is C16H23NOS. The third-order valence-electron chi connectivity index (χ3n) is 4.76. The van der Waals surface area contributed by atoms with Gasteiger partial charge in [-0.05, 0) is 50.3 Å². The average Bonchev–Trinajstić information content (AvgIpc) is 3.06. The third-order valence-corrected chi connectivity index (χ3v) is 6.03. The largest absolute Gasteiger partial charge is 0.293 e. The molecule has 0 aromatic carbocycles. The molecule has 104 valence electrons. The summed E-state index contributed by atoms with van der Waals surface area (Å²) in [5.41, 5.74) is 0. The average molecular weight is 277 g/mol. The van der Waals surface area contributed by atoms with Crippen LogP contribution < -0.4 is 0 Å². The van der Waals surface area contributed by atoms with Gasteiger partial charge in [0, 0.05) is 10.9 Å². The first-order valence-electron chi connectivity index (χ1n) is 7.64. The maximum atomic E-state index is 12.4. The lowest BCUT2D eigenvalue weighted by Crippen LogP contribution is -2.38. The molecule has 2 heterocycles. The molecule has 2 aliphatic rings. The summed E-state index contributed by atoms with van der Waals surface area (Å²) in [6.07, 6.45) is 7.78. The van der Waals surface area contributed by atoms with Crippen molar-refractivity contribution in [1.82, 2.24) is 4.90 Å².